The van der Waals surface area contributed by atoms with Crippen LogP contribution in [0.4, 0.5) is 5.13 Å². The molecule has 31 heavy (non-hydrogen) atoms. The fourth-order valence-corrected chi connectivity index (χ4v) is 5.19. The average molecular weight is 482 g/mol. The van der Waals surface area contributed by atoms with Gasteiger partial charge in [0.05, 0.1) is 9.72 Å². The Morgan fingerprint density at radius 1 is 1.00 bits per heavy atom. The molecule has 0 saturated carbocycles. The summed E-state index contributed by atoms with van der Waals surface area (Å²) in [4.78, 5) is 25.0. The quantitative estimate of drug-likeness (QED) is 0.260. The molecule has 152 valence electrons. The zero-order valence-electron chi connectivity index (χ0n) is 15.8. The molecule has 1 aromatic heterocycles. The molecule has 0 fully saturated rings. The minimum atomic E-state index is -0.267. The van der Waals surface area contributed by atoms with Gasteiger partial charge in [-0.3, -0.25) is 4.79 Å². The van der Waals surface area contributed by atoms with Crippen molar-refractivity contribution in [3.63, 3.8) is 0 Å². The Hall–Kier alpha value is -2.64. The predicted octanol–water partition coefficient (Wildman–Crippen LogP) is 6.73. The van der Waals surface area contributed by atoms with E-state index < -0.39 is 0 Å². The number of amidine groups is 1. The molecule has 3 aromatic carbocycles. The second-order valence-corrected chi connectivity index (χ2v) is 9.10. The van der Waals surface area contributed by atoms with E-state index in [1.807, 2.05) is 54.6 Å². The molecule has 0 bridgehead atoms. The van der Waals surface area contributed by atoms with Crippen molar-refractivity contribution in [1.82, 2.24) is 4.98 Å². The monoisotopic (exact) mass is 481 g/mol. The molecule has 4 nitrogen and oxygen atoms in total. The van der Waals surface area contributed by atoms with Crippen molar-refractivity contribution in [2.24, 2.45) is 4.99 Å². The lowest BCUT2D eigenvalue weighted by Crippen LogP contribution is -2.32. The van der Waals surface area contributed by atoms with E-state index in [1.165, 1.54) is 16.2 Å². The Bertz CT molecular complexity index is 1400. The van der Waals surface area contributed by atoms with Crippen molar-refractivity contribution in [2.75, 3.05) is 4.90 Å². The molecule has 0 unspecified atom stereocenters. The summed E-state index contributed by atoms with van der Waals surface area (Å²) in [5.74, 6) is 0.242. The summed E-state index contributed by atoms with van der Waals surface area (Å²) in [6, 6.07) is 20.5. The number of carbonyl (C=O) groups excluding carboxylic acids is 1. The number of hydrogen-bond donors (Lipinski definition) is 1. The van der Waals surface area contributed by atoms with Crippen molar-refractivity contribution in [1.29, 1.82) is 0 Å². The van der Waals surface area contributed by atoms with Crippen molar-refractivity contribution in [2.45, 2.75) is 4.90 Å². The molecule has 1 aliphatic heterocycles. The first-order valence-corrected chi connectivity index (χ1v) is 11.3. The van der Waals surface area contributed by atoms with Crippen LogP contribution in [0.1, 0.15) is 11.1 Å². The highest BCUT2D eigenvalue weighted by atomic mass is 35.5. The minimum absolute atomic E-state index is 0.267. The summed E-state index contributed by atoms with van der Waals surface area (Å²) < 4.78 is 0.797. The number of nitrogens with zero attached hydrogens (tertiary/aromatic N) is 3. The van der Waals surface area contributed by atoms with Crippen molar-refractivity contribution in [3.05, 3.63) is 93.6 Å². The van der Waals surface area contributed by atoms with Crippen LogP contribution < -0.4 is 4.90 Å². The van der Waals surface area contributed by atoms with E-state index in [2.05, 4.69) is 22.6 Å². The van der Waals surface area contributed by atoms with E-state index in [0.717, 1.165) is 20.7 Å². The van der Waals surface area contributed by atoms with Gasteiger partial charge in [0.2, 0.25) is 0 Å². The summed E-state index contributed by atoms with van der Waals surface area (Å²) in [7, 11) is 0. The van der Waals surface area contributed by atoms with E-state index >= 15 is 0 Å². The maximum absolute atomic E-state index is 13.5. The Labute approximate surface area is 197 Å². The Morgan fingerprint density at radius 2 is 1.74 bits per heavy atom. The number of rotatable bonds is 3. The molecule has 0 atom stereocenters. The lowest BCUT2D eigenvalue weighted by Gasteiger charge is -2.14. The number of thiol groups is 1. The molecule has 1 amide bonds. The van der Waals surface area contributed by atoms with Crippen LogP contribution >= 0.6 is 47.2 Å². The summed E-state index contributed by atoms with van der Waals surface area (Å²) >= 11 is 18.3. The number of halogens is 2. The maximum Gasteiger partial charge on any atom is 0.284 e. The third-order valence-corrected chi connectivity index (χ3v) is 6.62. The first-order valence-electron chi connectivity index (χ1n) is 9.25. The normalized spacial score (nSPS) is 15.2. The number of aromatic nitrogens is 1. The summed E-state index contributed by atoms with van der Waals surface area (Å²) in [5.41, 5.74) is 2.53. The molecular formula is C23H13Cl2N3OS2. The van der Waals surface area contributed by atoms with Gasteiger partial charge in [-0.1, -0.05) is 83.1 Å². The van der Waals surface area contributed by atoms with Crippen LogP contribution in [0.15, 0.2) is 82.3 Å². The Balaban J connectivity index is 1.67. The average Bonchev–Trinajstić information content (AvgIpc) is 3.31. The van der Waals surface area contributed by atoms with Gasteiger partial charge in [0, 0.05) is 15.5 Å². The van der Waals surface area contributed by atoms with Gasteiger partial charge in [-0.15, -0.1) is 12.6 Å². The highest BCUT2D eigenvalue weighted by Crippen LogP contribution is 2.38. The second-order valence-electron chi connectivity index (χ2n) is 6.76. The number of anilines is 1. The molecule has 1 aliphatic rings. The molecule has 0 saturated heterocycles. The molecule has 0 radical (unpaired) electrons. The predicted molar refractivity (Wildman–Crippen MR) is 132 cm³/mol. The van der Waals surface area contributed by atoms with Gasteiger partial charge in [-0.2, -0.15) is 0 Å². The maximum atomic E-state index is 13.5. The van der Waals surface area contributed by atoms with Crippen LogP contribution in [-0.2, 0) is 4.79 Å². The lowest BCUT2D eigenvalue weighted by atomic mass is 10.2. The standard InChI is InChI=1S/C23H13Cl2N3OS2/c24-15-11-16(25)20-19(12-15)31-23(27-20)28-21(13-6-2-1-3-7-13)26-17(22(28)29)10-14-8-4-5-9-18(14)30/h1-12,30H. The van der Waals surface area contributed by atoms with E-state index in [9.17, 15) is 4.79 Å². The van der Waals surface area contributed by atoms with E-state index in [0.29, 0.717) is 32.2 Å². The molecule has 0 N–H and O–H groups in total. The molecule has 0 spiro atoms. The number of aliphatic imine (C=N–C) groups is 1. The van der Waals surface area contributed by atoms with Gasteiger partial charge < -0.3 is 0 Å². The first kappa shape index (κ1) is 20.3. The zero-order chi connectivity index (χ0) is 21.5. The lowest BCUT2D eigenvalue weighted by molar-refractivity contribution is -0.113. The fraction of sp³-hybridized carbons (Fsp3) is 0. The summed E-state index contributed by atoms with van der Waals surface area (Å²) in [6.45, 7) is 0. The minimum Gasteiger partial charge on any atom is -0.266 e. The number of amides is 1. The smallest absolute Gasteiger partial charge is 0.266 e. The number of fused-ring (bicyclic) bond motifs is 1. The van der Waals surface area contributed by atoms with Gasteiger partial charge in [0.1, 0.15) is 17.0 Å². The summed E-state index contributed by atoms with van der Waals surface area (Å²) in [6.07, 6.45) is 1.74. The van der Waals surface area contributed by atoms with Crippen molar-refractivity contribution < 1.29 is 4.79 Å². The van der Waals surface area contributed by atoms with Crippen LogP contribution in [0, 0.1) is 0 Å². The van der Waals surface area contributed by atoms with Crippen LogP contribution in [0.5, 0.6) is 0 Å². The second kappa shape index (κ2) is 8.13. The zero-order valence-corrected chi connectivity index (χ0v) is 19.0. The fourth-order valence-electron chi connectivity index (χ4n) is 3.27. The van der Waals surface area contributed by atoms with E-state index in [4.69, 9.17) is 23.2 Å². The van der Waals surface area contributed by atoms with Gasteiger partial charge in [-0.25, -0.2) is 14.9 Å². The van der Waals surface area contributed by atoms with E-state index in [1.54, 1.807) is 18.2 Å². The van der Waals surface area contributed by atoms with Gasteiger partial charge in [0.15, 0.2) is 5.13 Å². The topological polar surface area (TPSA) is 45.6 Å². The number of hydrogen-bond acceptors (Lipinski definition) is 5. The summed E-state index contributed by atoms with van der Waals surface area (Å²) in [5, 5.41) is 1.44. The van der Waals surface area contributed by atoms with Gasteiger partial charge in [-0.05, 0) is 29.8 Å². The molecule has 2 heterocycles. The van der Waals surface area contributed by atoms with Crippen molar-refractivity contribution in [3.8, 4) is 0 Å². The highest BCUT2D eigenvalue weighted by Gasteiger charge is 2.34. The third kappa shape index (κ3) is 3.77. The number of benzene rings is 3. The van der Waals surface area contributed by atoms with Crippen LogP contribution in [0.3, 0.4) is 0 Å². The molecule has 0 aliphatic carbocycles. The SMILES string of the molecule is O=C1C(=Cc2ccccc2S)N=C(c2ccccc2)N1c1nc2c(Cl)cc(Cl)cc2s1. The first-order chi connectivity index (χ1) is 15.0. The molecule has 8 heteroatoms. The van der Waals surface area contributed by atoms with E-state index in [-0.39, 0.29) is 5.91 Å². The third-order valence-electron chi connectivity index (χ3n) is 4.71. The largest absolute Gasteiger partial charge is 0.284 e. The molecule has 5 rings (SSSR count). The van der Waals surface area contributed by atoms with Crippen LogP contribution in [-0.4, -0.2) is 16.7 Å². The Morgan fingerprint density at radius 3 is 2.52 bits per heavy atom. The number of thiazole rings is 1. The molecule has 4 aromatic rings. The number of carbonyl (C=O) groups is 1. The Kier molecular flexibility index (Phi) is 5.32. The highest BCUT2D eigenvalue weighted by molar-refractivity contribution is 7.80. The van der Waals surface area contributed by atoms with Gasteiger partial charge >= 0.3 is 0 Å². The molecular weight excluding hydrogens is 469 g/mol. The van der Waals surface area contributed by atoms with Crippen molar-refractivity contribution >= 4 is 80.3 Å². The van der Waals surface area contributed by atoms with Crippen LogP contribution in [0.2, 0.25) is 10.0 Å². The van der Waals surface area contributed by atoms with Crippen LogP contribution in [0.25, 0.3) is 16.3 Å². The van der Waals surface area contributed by atoms with Gasteiger partial charge in [0.25, 0.3) is 5.91 Å².